The van der Waals surface area contributed by atoms with E-state index in [0.717, 1.165) is 5.56 Å². The summed E-state index contributed by atoms with van der Waals surface area (Å²) in [5.41, 5.74) is -2.18. The van der Waals surface area contributed by atoms with Crippen molar-refractivity contribution in [1.82, 2.24) is 0 Å². The van der Waals surface area contributed by atoms with Crippen LogP contribution in [0.5, 0.6) is 5.75 Å². The van der Waals surface area contributed by atoms with E-state index in [9.17, 15) is 31.1 Å². The molecular weight excluding hydrogens is 424 g/mol. The van der Waals surface area contributed by atoms with Gasteiger partial charge in [-0.2, -0.15) is 26.3 Å². The number of carbonyl (C=O) groups excluding carboxylic acids is 1. The Labute approximate surface area is 173 Å². The summed E-state index contributed by atoms with van der Waals surface area (Å²) in [6.07, 6.45) is -10.0. The molecule has 1 amide bonds. The number of amides is 1. The van der Waals surface area contributed by atoms with Crippen LogP contribution in [0.2, 0.25) is 0 Å². The molecule has 0 heterocycles. The van der Waals surface area contributed by atoms with Gasteiger partial charge >= 0.3 is 12.4 Å². The highest BCUT2D eigenvalue weighted by atomic mass is 19.4. The number of carbonyl (C=O) groups is 1. The molecule has 0 unspecified atom stereocenters. The van der Waals surface area contributed by atoms with Gasteiger partial charge in [-0.25, -0.2) is 0 Å². The van der Waals surface area contributed by atoms with Crippen LogP contribution in [0.25, 0.3) is 11.1 Å². The Hall–Kier alpha value is -3.49. The molecular formula is C22H15F6NO2. The minimum absolute atomic E-state index is 0.00903. The number of benzene rings is 3. The lowest BCUT2D eigenvalue weighted by Crippen LogP contribution is -2.16. The maximum Gasteiger partial charge on any atom is 0.416 e. The first-order chi connectivity index (χ1) is 14.5. The molecule has 3 nitrogen and oxygen atoms in total. The van der Waals surface area contributed by atoms with Crippen molar-refractivity contribution in [2.45, 2.75) is 12.4 Å². The van der Waals surface area contributed by atoms with Crippen molar-refractivity contribution in [3.8, 4) is 16.9 Å². The first-order valence-corrected chi connectivity index (χ1v) is 8.83. The van der Waals surface area contributed by atoms with E-state index in [0.29, 0.717) is 17.7 Å². The minimum atomic E-state index is -5.02. The van der Waals surface area contributed by atoms with Gasteiger partial charge in [0.1, 0.15) is 5.75 Å². The van der Waals surface area contributed by atoms with Crippen LogP contribution >= 0.6 is 0 Å². The molecule has 0 bridgehead atoms. The van der Waals surface area contributed by atoms with Gasteiger partial charge in [0.05, 0.1) is 23.8 Å². The summed E-state index contributed by atoms with van der Waals surface area (Å²) in [6, 6.07) is 14.5. The molecule has 0 aliphatic heterocycles. The van der Waals surface area contributed by atoms with Gasteiger partial charge in [0.25, 0.3) is 5.91 Å². The van der Waals surface area contributed by atoms with Crippen molar-refractivity contribution < 1.29 is 35.9 Å². The predicted molar refractivity (Wildman–Crippen MR) is 103 cm³/mol. The van der Waals surface area contributed by atoms with Gasteiger partial charge in [-0.05, 0) is 41.5 Å². The summed E-state index contributed by atoms with van der Waals surface area (Å²) in [4.78, 5) is 12.6. The summed E-state index contributed by atoms with van der Waals surface area (Å²) in [5, 5.41) is 2.10. The average Bonchev–Trinajstić information content (AvgIpc) is 2.72. The second-order valence-electron chi connectivity index (χ2n) is 6.53. The normalized spacial score (nSPS) is 11.8. The summed E-state index contributed by atoms with van der Waals surface area (Å²) in [7, 11) is 1.30. The van der Waals surface area contributed by atoms with Crippen LogP contribution in [0.4, 0.5) is 32.0 Å². The monoisotopic (exact) mass is 439 g/mol. The minimum Gasteiger partial charge on any atom is -0.496 e. The van der Waals surface area contributed by atoms with Crippen LogP contribution in [0.1, 0.15) is 21.5 Å². The lowest BCUT2D eigenvalue weighted by atomic mass is 10.0. The first-order valence-electron chi connectivity index (χ1n) is 8.83. The smallest absolute Gasteiger partial charge is 0.416 e. The van der Waals surface area contributed by atoms with Gasteiger partial charge in [-0.15, -0.1) is 0 Å². The highest BCUT2D eigenvalue weighted by Crippen LogP contribution is 2.38. The molecule has 0 saturated heterocycles. The van der Waals surface area contributed by atoms with Gasteiger partial charge in [0.2, 0.25) is 0 Å². The van der Waals surface area contributed by atoms with E-state index >= 15 is 0 Å². The SMILES string of the molecule is COc1cc(-c2ccccc2)ccc1C(=O)Nc1cc(C(F)(F)F)cc(C(F)(F)F)c1. The van der Waals surface area contributed by atoms with Gasteiger partial charge < -0.3 is 10.1 Å². The summed E-state index contributed by atoms with van der Waals surface area (Å²) >= 11 is 0. The summed E-state index contributed by atoms with van der Waals surface area (Å²) in [6.45, 7) is 0. The second kappa shape index (κ2) is 8.33. The Morgan fingerprint density at radius 1 is 0.774 bits per heavy atom. The molecule has 0 fully saturated rings. The zero-order chi connectivity index (χ0) is 22.8. The molecule has 0 spiro atoms. The average molecular weight is 439 g/mol. The predicted octanol–water partition coefficient (Wildman–Crippen LogP) is 6.65. The number of nitrogens with one attached hydrogen (secondary N) is 1. The Balaban J connectivity index is 1.96. The van der Waals surface area contributed by atoms with Crippen LogP contribution in [-0.2, 0) is 12.4 Å². The second-order valence-corrected chi connectivity index (χ2v) is 6.53. The Morgan fingerprint density at radius 3 is 1.87 bits per heavy atom. The number of hydrogen-bond acceptors (Lipinski definition) is 2. The molecule has 3 aromatic rings. The molecule has 0 aliphatic rings. The summed E-state index contributed by atoms with van der Waals surface area (Å²) < 4.78 is 83.3. The third-order valence-electron chi connectivity index (χ3n) is 4.40. The highest BCUT2D eigenvalue weighted by molar-refractivity contribution is 6.06. The Bertz CT molecular complexity index is 1060. The zero-order valence-electron chi connectivity index (χ0n) is 15.9. The lowest BCUT2D eigenvalue weighted by molar-refractivity contribution is -0.143. The number of hydrogen-bond donors (Lipinski definition) is 1. The van der Waals surface area contributed by atoms with E-state index in [1.54, 1.807) is 12.1 Å². The number of methoxy groups -OCH3 is 1. The largest absolute Gasteiger partial charge is 0.496 e. The fourth-order valence-corrected chi connectivity index (χ4v) is 2.91. The molecule has 0 atom stereocenters. The molecule has 1 N–H and O–H groups in total. The zero-order valence-corrected chi connectivity index (χ0v) is 15.9. The number of ether oxygens (including phenoxy) is 1. The van der Waals surface area contributed by atoms with E-state index in [2.05, 4.69) is 5.32 Å². The Kier molecular flexibility index (Phi) is 5.97. The van der Waals surface area contributed by atoms with E-state index in [-0.39, 0.29) is 17.4 Å². The fraction of sp³-hybridized carbons (Fsp3) is 0.136. The topological polar surface area (TPSA) is 38.3 Å². The third kappa shape index (κ3) is 5.17. The number of rotatable bonds is 4. The van der Waals surface area contributed by atoms with Crippen molar-refractivity contribution in [1.29, 1.82) is 0 Å². The quantitative estimate of drug-likeness (QED) is 0.462. The molecule has 0 aromatic heterocycles. The number of alkyl halides is 6. The van der Waals surface area contributed by atoms with Crippen LogP contribution in [0.3, 0.4) is 0 Å². The van der Waals surface area contributed by atoms with Gasteiger partial charge in [-0.3, -0.25) is 4.79 Å². The van der Waals surface area contributed by atoms with Crippen molar-refractivity contribution in [3.63, 3.8) is 0 Å². The van der Waals surface area contributed by atoms with E-state index in [1.165, 1.54) is 13.2 Å². The van der Waals surface area contributed by atoms with Crippen LogP contribution < -0.4 is 10.1 Å². The number of anilines is 1. The summed E-state index contributed by atoms with van der Waals surface area (Å²) in [5.74, 6) is -0.800. The molecule has 3 rings (SSSR count). The first kappa shape index (κ1) is 22.2. The van der Waals surface area contributed by atoms with Gasteiger partial charge in [0, 0.05) is 5.69 Å². The molecule has 3 aromatic carbocycles. The molecule has 0 aliphatic carbocycles. The Morgan fingerprint density at radius 2 is 1.35 bits per heavy atom. The van der Waals surface area contributed by atoms with E-state index < -0.39 is 35.1 Å². The third-order valence-corrected chi connectivity index (χ3v) is 4.40. The van der Waals surface area contributed by atoms with Gasteiger partial charge in [-0.1, -0.05) is 36.4 Å². The van der Waals surface area contributed by atoms with Gasteiger partial charge in [0.15, 0.2) is 0 Å². The molecule has 162 valence electrons. The maximum absolute atomic E-state index is 13.0. The number of halogens is 6. The van der Waals surface area contributed by atoms with Crippen LogP contribution in [0, 0.1) is 0 Å². The van der Waals surface area contributed by atoms with E-state index in [4.69, 9.17) is 4.74 Å². The molecule has 9 heteroatoms. The van der Waals surface area contributed by atoms with E-state index in [1.807, 2.05) is 30.3 Å². The van der Waals surface area contributed by atoms with Crippen molar-refractivity contribution in [3.05, 3.63) is 83.4 Å². The highest BCUT2D eigenvalue weighted by Gasteiger charge is 2.37. The van der Waals surface area contributed by atoms with Crippen LogP contribution in [0.15, 0.2) is 66.7 Å². The molecule has 0 radical (unpaired) electrons. The molecule has 31 heavy (non-hydrogen) atoms. The van der Waals surface area contributed by atoms with Crippen LogP contribution in [-0.4, -0.2) is 13.0 Å². The maximum atomic E-state index is 13.0. The standard InChI is InChI=1S/C22H15F6NO2/c1-31-19-9-14(13-5-3-2-4-6-13)7-8-18(19)20(30)29-17-11-15(21(23,24)25)10-16(12-17)22(26,27)28/h2-12H,1H3,(H,29,30). The van der Waals surface area contributed by atoms with Crippen molar-refractivity contribution >= 4 is 11.6 Å². The lowest BCUT2D eigenvalue weighted by Gasteiger charge is -2.16. The molecule has 0 saturated carbocycles. The van der Waals surface area contributed by atoms with Crippen molar-refractivity contribution in [2.24, 2.45) is 0 Å². The fourth-order valence-electron chi connectivity index (χ4n) is 2.91. The van der Waals surface area contributed by atoms with Crippen molar-refractivity contribution in [2.75, 3.05) is 12.4 Å².